The minimum atomic E-state index is -4.63. The van der Waals surface area contributed by atoms with E-state index in [1.807, 2.05) is 0 Å². The van der Waals surface area contributed by atoms with Crippen LogP contribution in [0.1, 0.15) is 5.69 Å². The number of anilines is 1. The number of rotatable bonds is 3. The molecule has 0 unspecified atom stereocenters. The zero-order chi connectivity index (χ0) is 15.6. The largest absolute Gasteiger partial charge is 0.434 e. The van der Waals surface area contributed by atoms with Crippen molar-refractivity contribution >= 4 is 5.82 Å². The van der Waals surface area contributed by atoms with E-state index >= 15 is 0 Å². The first-order valence-corrected chi connectivity index (χ1v) is 6.07. The van der Waals surface area contributed by atoms with Gasteiger partial charge in [0, 0.05) is 0 Å². The molecule has 0 aliphatic carbocycles. The van der Waals surface area contributed by atoms with Gasteiger partial charge in [0.25, 0.3) is 0 Å². The maximum Gasteiger partial charge on any atom is 0.434 e. The SMILES string of the molecule is OC[C@H]1OC[C@@H](Nc2cncc(C(F)(F)F)n2)[C@@H](O)[C@H]1O. The Morgan fingerprint density at radius 3 is 2.62 bits per heavy atom. The van der Waals surface area contributed by atoms with Crippen molar-refractivity contribution in [1.29, 1.82) is 0 Å². The van der Waals surface area contributed by atoms with Crippen LogP contribution in [0.2, 0.25) is 0 Å². The highest BCUT2D eigenvalue weighted by Gasteiger charge is 2.38. The molecule has 1 fully saturated rings. The second-order valence-corrected chi connectivity index (χ2v) is 4.57. The molecule has 118 valence electrons. The van der Waals surface area contributed by atoms with E-state index in [1.165, 1.54) is 0 Å². The lowest BCUT2D eigenvalue weighted by Crippen LogP contribution is -2.56. The van der Waals surface area contributed by atoms with Crippen molar-refractivity contribution in [2.24, 2.45) is 0 Å². The molecule has 4 N–H and O–H groups in total. The van der Waals surface area contributed by atoms with Crippen molar-refractivity contribution in [2.45, 2.75) is 30.5 Å². The van der Waals surface area contributed by atoms with Crippen LogP contribution in [0.15, 0.2) is 12.4 Å². The fourth-order valence-electron chi connectivity index (χ4n) is 1.93. The molecule has 0 aromatic carbocycles. The average Bonchev–Trinajstić information content (AvgIpc) is 2.44. The summed E-state index contributed by atoms with van der Waals surface area (Å²) in [6.07, 6.45) is -6.62. The molecule has 0 radical (unpaired) electrons. The summed E-state index contributed by atoms with van der Waals surface area (Å²) >= 11 is 0. The van der Waals surface area contributed by atoms with Crippen LogP contribution in [0.3, 0.4) is 0 Å². The number of hydrogen-bond acceptors (Lipinski definition) is 7. The van der Waals surface area contributed by atoms with Gasteiger partial charge in [-0.2, -0.15) is 13.2 Å². The molecule has 4 atom stereocenters. The molecular formula is C11H14F3N3O4. The summed E-state index contributed by atoms with van der Waals surface area (Å²) in [7, 11) is 0. The third-order valence-electron chi connectivity index (χ3n) is 3.07. The predicted molar refractivity (Wildman–Crippen MR) is 63.3 cm³/mol. The molecule has 1 saturated heterocycles. The summed E-state index contributed by atoms with van der Waals surface area (Å²) in [5.74, 6) is -0.202. The van der Waals surface area contributed by atoms with E-state index in [9.17, 15) is 23.4 Å². The van der Waals surface area contributed by atoms with Gasteiger partial charge in [0.1, 0.15) is 24.1 Å². The summed E-state index contributed by atoms with van der Waals surface area (Å²) < 4.78 is 42.6. The Balaban J connectivity index is 2.08. The zero-order valence-electron chi connectivity index (χ0n) is 10.7. The maximum absolute atomic E-state index is 12.5. The number of halogens is 3. The molecule has 0 bridgehead atoms. The van der Waals surface area contributed by atoms with Gasteiger partial charge in [-0.15, -0.1) is 0 Å². The van der Waals surface area contributed by atoms with Gasteiger partial charge in [0.2, 0.25) is 0 Å². The number of aromatic nitrogens is 2. The normalized spacial score (nSPS) is 30.2. The Morgan fingerprint density at radius 1 is 1.29 bits per heavy atom. The summed E-state index contributed by atoms with van der Waals surface area (Å²) in [5.41, 5.74) is -1.17. The van der Waals surface area contributed by atoms with E-state index in [0.717, 1.165) is 6.20 Å². The number of ether oxygens (including phenoxy) is 1. The highest BCUT2D eigenvalue weighted by Crippen LogP contribution is 2.28. The van der Waals surface area contributed by atoms with Gasteiger partial charge in [0.15, 0.2) is 5.69 Å². The lowest BCUT2D eigenvalue weighted by Gasteiger charge is -2.37. The predicted octanol–water partition coefficient (Wildman–Crippen LogP) is -0.611. The Morgan fingerprint density at radius 2 is 2.00 bits per heavy atom. The second-order valence-electron chi connectivity index (χ2n) is 4.57. The molecule has 7 nitrogen and oxygen atoms in total. The maximum atomic E-state index is 12.5. The summed E-state index contributed by atoms with van der Waals surface area (Å²) in [4.78, 5) is 6.76. The quantitative estimate of drug-likeness (QED) is 0.590. The second kappa shape index (κ2) is 6.10. The van der Waals surface area contributed by atoms with Crippen molar-refractivity contribution < 1.29 is 33.2 Å². The smallest absolute Gasteiger partial charge is 0.394 e. The summed E-state index contributed by atoms with van der Waals surface area (Å²) in [5, 5.41) is 31.0. The number of hydrogen-bond donors (Lipinski definition) is 4. The molecule has 1 aliphatic rings. The Labute approximate surface area is 117 Å². The third-order valence-corrected chi connectivity index (χ3v) is 3.07. The fourth-order valence-corrected chi connectivity index (χ4v) is 1.93. The number of aliphatic hydroxyl groups is 3. The number of aliphatic hydroxyl groups excluding tert-OH is 3. The van der Waals surface area contributed by atoms with Crippen LogP contribution in [0, 0.1) is 0 Å². The Hall–Kier alpha value is -1.49. The van der Waals surface area contributed by atoms with Crippen molar-refractivity contribution in [2.75, 3.05) is 18.5 Å². The average molecular weight is 309 g/mol. The highest BCUT2D eigenvalue weighted by molar-refractivity contribution is 5.34. The third kappa shape index (κ3) is 3.59. The monoisotopic (exact) mass is 309 g/mol. The standard InChI is InChI=1S/C11H14F3N3O4/c12-11(13,14)7-1-15-2-8(17-7)16-5-4-21-6(3-18)10(20)9(5)19/h1-2,5-6,9-10,18-20H,3-4H2,(H,16,17)/t5-,6-,9-,10+/m1/s1. The minimum absolute atomic E-state index is 0.110. The molecule has 0 amide bonds. The molecule has 1 aliphatic heterocycles. The van der Waals surface area contributed by atoms with Crippen molar-refractivity contribution in [3.05, 3.63) is 18.1 Å². The molecule has 1 aromatic rings. The van der Waals surface area contributed by atoms with Crippen molar-refractivity contribution in [3.63, 3.8) is 0 Å². The van der Waals surface area contributed by atoms with Gasteiger partial charge >= 0.3 is 6.18 Å². The lowest BCUT2D eigenvalue weighted by molar-refractivity contribution is -0.152. The summed E-state index contributed by atoms with van der Waals surface area (Å²) in [6, 6.07) is -0.874. The zero-order valence-corrected chi connectivity index (χ0v) is 10.7. The van der Waals surface area contributed by atoms with E-state index in [-0.39, 0.29) is 12.4 Å². The fraction of sp³-hybridized carbons (Fsp3) is 0.636. The van der Waals surface area contributed by atoms with Crippen molar-refractivity contribution in [1.82, 2.24) is 9.97 Å². The lowest BCUT2D eigenvalue weighted by atomic mass is 9.98. The molecule has 2 heterocycles. The van der Waals surface area contributed by atoms with Crippen LogP contribution >= 0.6 is 0 Å². The van der Waals surface area contributed by atoms with Gasteiger partial charge in [-0.25, -0.2) is 4.98 Å². The van der Waals surface area contributed by atoms with Crippen LogP contribution in [0.25, 0.3) is 0 Å². The first-order chi connectivity index (χ1) is 9.82. The number of alkyl halides is 3. The van der Waals surface area contributed by atoms with E-state index < -0.39 is 42.8 Å². The number of nitrogens with zero attached hydrogens (tertiary/aromatic N) is 2. The van der Waals surface area contributed by atoms with Crippen LogP contribution in [0.5, 0.6) is 0 Å². The van der Waals surface area contributed by atoms with Crippen LogP contribution in [0.4, 0.5) is 19.0 Å². The molecule has 0 spiro atoms. The van der Waals surface area contributed by atoms with E-state index in [2.05, 4.69) is 15.3 Å². The number of nitrogens with one attached hydrogen (secondary N) is 1. The van der Waals surface area contributed by atoms with Gasteiger partial charge in [0.05, 0.1) is 31.6 Å². The first kappa shape index (κ1) is 15.9. The van der Waals surface area contributed by atoms with Gasteiger partial charge in [-0.1, -0.05) is 0 Å². The van der Waals surface area contributed by atoms with Crippen LogP contribution in [-0.2, 0) is 10.9 Å². The molecule has 2 rings (SSSR count). The van der Waals surface area contributed by atoms with Crippen LogP contribution in [-0.4, -0.2) is 62.9 Å². The highest BCUT2D eigenvalue weighted by atomic mass is 19.4. The van der Waals surface area contributed by atoms with E-state index in [4.69, 9.17) is 9.84 Å². The first-order valence-electron chi connectivity index (χ1n) is 6.07. The Bertz CT molecular complexity index is 488. The van der Waals surface area contributed by atoms with Gasteiger partial charge in [-0.05, 0) is 0 Å². The molecule has 10 heteroatoms. The van der Waals surface area contributed by atoms with E-state index in [0.29, 0.717) is 6.20 Å². The van der Waals surface area contributed by atoms with Gasteiger partial charge < -0.3 is 25.4 Å². The minimum Gasteiger partial charge on any atom is -0.394 e. The molecule has 1 aromatic heterocycles. The van der Waals surface area contributed by atoms with Gasteiger partial charge in [-0.3, -0.25) is 4.98 Å². The van der Waals surface area contributed by atoms with Crippen molar-refractivity contribution in [3.8, 4) is 0 Å². The topological polar surface area (TPSA) is 108 Å². The van der Waals surface area contributed by atoms with Crippen LogP contribution < -0.4 is 5.32 Å². The Kier molecular flexibility index (Phi) is 4.61. The molecular weight excluding hydrogens is 295 g/mol. The molecule has 0 saturated carbocycles. The molecule has 21 heavy (non-hydrogen) atoms. The summed E-state index contributed by atoms with van der Waals surface area (Å²) in [6.45, 7) is -0.588. The van der Waals surface area contributed by atoms with E-state index in [1.54, 1.807) is 0 Å².